The van der Waals surface area contributed by atoms with Crippen molar-refractivity contribution in [3.8, 4) is 0 Å². The van der Waals surface area contributed by atoms with E-state index in [-0.39, 0.29) is 11.4 Å². The monoisotopic (exact) mass is 131 g/mol. The molecule has 0 aromatic rings. The molecule has 0 aliphatic rings. The van der Waals surface area contributed by atoms with Crippen LogP contribution in [0, 0.1) is 5.92 Å². The highest BCUT2D eigenvalue weighted by Crippen LogP contribution is 1.96. The molecule has 0 aliphatic heterocycles. The second kappa shape index (κ2) is 2.99. The first-order chi connectivity index (χ1) is 3.55. The Kier molecular flexibility index (Phi) is 2.93. The van der Waals surface area contributed by atoms with Crippen LogP contribution in [-0.2, 0) is 4.79 Å². The van der Waals surface area contributed by atoms with Gasteiger partial charge in [0.1, 0.15) is 5.41 Å². The SMILES string of the molecule is CC(C)[C@H](N)C(=O)[SiH3]. The molecule has 0 aromatic carbocycles. The molecule has 2 nitrogen and oxygen atoms in total. The van der Waals surface area contributed by atoms with Crippen molar-refractivity contribution < 1.29 is 4.79 Å². The molecule has 0 amide bonds. The largest absolute Gasteiger partial charge is 0.322 e. The molecular weight excluding hydrogens is 118 g/mol. The third-order valence-electron chi connectivity index (χ3n) is 1.19. The quantitative estimate of drug-likeness (QED) is 0.481. The molecule has 0 aliphatic carbocycles. The first kappa shape index (κ1) is 7.85. The smallest absolute Gasteiger partial charge is 0.117 e. The van der Waals surface area contributed by atoms with Gasteiger partial charge in [-0.2, -0.15) is 0 Å². The number of hydrogen-bond acceptors (Lipinski definition) is 2. The lowest BCUT2D eigenvalue weighted by Crippen LogP contribution is -2.35. The first-order valence-corrected chi connectivity index (χ1v) is 3.81. The summed E-state index contributed by atoms with van der Waals surface area (Å²) in [6, 6.07) is -0.207. The highest BCUT2D eigenvalue weighted by molar-refractivity contribution is 6.59. The number of rotatable bonds is 2. The maximum Gasteiger partial charge on any atom is 0.117 e. The van der Waals surface area contributed by atoms with E-state index in [2.05, 4.69) is 0 Å². The Hall–Kier alpha value is -0.153. The van der Waals surface area contributed by atoms with E-state index in [1.807, 2.05) is 13.8 Å². The van der Waals surface area contributed by atoms with Crippen LogP contribution >= 0.6 is 0 Å². The van der Waals surface area contributed by atoms with Gasteiger partial charge in [-0.3, -0.25) is 0 Å². The standard InChI is InChI=1S/C5H13NOSi/c1-3(2)4(6)5(7)8/h3-4H,6H2,1-2,8H3/t4-/m0/s1. The van der Waals surface area contributed by atoms with Gasteiger partial charge in [-0.1, -0.05) is 13.8 Å². The van der Waals surface area contributed by atoms with Crippen LogP contribution in [0.25, 0.3) is 0 Å². The van der Waals surface area contributed by atoms with Crippen molar-refractivity contribution in [3.05, 3.63) is 0 Å². The Morgan fingerprint density at radius 1 is 1.62 bits per heavy atom. The summed E-state index contributed by atoms with van der Waals surface area (Å²) >= 11 is 0. The predicted octanol–water partition coefficient (Wildman–Crippen LogP) is -1.14. The Balaban J connectivity index is 3.64. The van der Waals surface area contributed by atoms with Gasteiger partial charge in [0.25, 0.3) is 0 Å². The predicted molar refractivity (Wildman–Crippen MR) is 37.8 cm³/mol. The number of carbonyl (C=O) groups is 1. The lowest BCUT2D eigenvalue weighted by molar-refractivity contribution is -0.113. The minimum absolute atomic E-state index is 0.207. The second-order valence-electron chi connectivity index (χ2n) is 2.38. The molecule has 0 rings (SSSR count). The summed E-state index contributed by atoms with van der Waals surface area (Å²) in [5.41, 5.74) is 5.44. The van der Waals surface area contributed by atoms with E-state index in [9.17, 15) is 4.79 Å². The van der Waals surface area contributed by atoms with Gasteiger partial charge in [-0.25, -0.2) is 0 Å². The van der Waals surface area contributed by atoms with Crippen molar-refractivity contribution in [1.29, 1.82) is 0 Å². The molecule has 0 saturated heterocycles. The second-order valence-corrected chi connectivity index (χ2v) is 3.37. The van der Waals surface area contributed by atoms with Gasteiger partial charge in [0.05, 0.1) is 16.3 Å². The average molecular weight is 131 g/mol. The molecule has 3 heteroatoms. The molecule has 2 N–H and O–H groups in total. The van der Waals surface area contributed by atoms with E-state index in [4.69, 9.17) is 5.73 Å². The van der Waals surface area contributed by atoms with Crippen LogP contribution in [0.3, 0.4) is 0 Å². The molecule has 0 saturated carbocycles. The number of nitrogens with two attached hydrogens (primary N) is 1. The fourth-order valence-electron chi connectivity index (χ4n) is 0.469. The molecule has 0 unspecified atom stereocenters. The van der Waals surface area contributed by atoms with E-state index >= 15 is 0 Å². The molecule has 8 heavy (non-hydrogen) atoms. The fourth-order valence-corrected chi connectivity index (χ4v) is 1.14. The Labute approximate surface area is 52.9 Å². The normalized spacial score (nSPS) is 14.5. The van der Waals surface area contributed by atoms with Gasteiger partial charge in [-0.05, 0) is 5.92 Å². The van der Waals surface area contributed by atoms with E-state index < -0.39 is 0 Å². The molecule has 0 bridgehead atoms. The van der Waals surface area contributed by atoms with Crippen molar-refractivity contribution in [2.75, 3.05) is 0 Å². The van der Waals surface area contributed by atoms with Crippen LogP contribution in [0.15, 0.2) is 0 Å². The summed E-state index contributed by atoms with van der Waals surface area (Å²) in [7, 11) is 0.587. The van der Waals surface area contributed by atoms with E-state index in [0.29, 0.717) is 16.2 Å². The molecule has 1 atom stereocenters. The van der Waals surface area contributed by atoms with Crippen LogP contribution in [0.5, 0.6) is 0 Å². The third kappa shape index (κ3) is 2.23. The summed E-state index contributed by atoms with van der Waals surface area (Å²) in [6.45, 7) is 3.92. The zero-order valence-electron chi connectivity index (χ0n) is 5.64. The van der Waals surface area contributed by atoms with Crippen molar-refractivity contribution in [1.82, 2.24) is 0 Å². The highest BCUT2D eigenvalue weighted by atomic mass is 28.1. The number of hydrogen-bond donors (Lipinski definition) is 1. The van der Waals surface area contributed by atoms with Crippen molar-refractivity contribution in [2.24, 2.45) is 11.7 Å². The van der Waals surface area contributed by atoms with E-state index in [0.717, 1.165) is 0 Å². The van der Waals surface area contributed by atoms with Crippen LogP contribution in [0.4, 0.5) is 0 Å². The minimum atomic E-state index is -0.207. The van der Waals surface area contributed by atoms with Crippen LogP contribution in [-0.4, -0.2) is 21.7 Å². The van der Waals surface area contributed by atoms with Crippen LogP contribution < -0.4 is 5.73 Å². The van der Waals surface area contributed by atoms with Gasteiger partial charge in [0.15, 0.2) is 0 Å². The topological polar surface area (TPSA) is 43.1 Å². The highest BCUT2D eigenvalue weighted by Gasteiger charge is 2.10. The maximum absolute atomic E-state index is 10.5. The average Bonchev–Trinajstić information content (AvgIpc) is 1.64. The first-order valence-electron chi connectivity index (χ1n) is 2.81. The zero-order valence-corrected chi connectivity index (χ0v) is 7.64. The summed E-state index contributed by atoms with van der Waals surface area (Å²) in [5.74, 6) is 0.306. The third-order valence-corrected chi connectivity index (χ3v) is 1.85. The lowest BCUT2D eigenvalue weighted by Gasteiger charge is -2.10. The van der Waals surface area contributed by atoms with Gasteiger partial charge in [0.2, 0.25) is 0 Å². The Morgan fingerprint density at radius 2 is 2.00 bits per heavy atom. The Morgan fingerprint density at radius 3 is 2.00 bits per heavy atom. The molecule has 48 valence electrons. The zero-order chi connectivity index (χ0) is 6.73. The van der Waals surface area contributed by atoms with Crippen LogP contribution in [0.1, 0.15) is 13.8 Å². The molecule has 0 fully saturated rings. The van der Waals surface area contributed by atoms with Crippen molar-refractivity contribution in [2.45, 2.75) is 19.9 Å². The van der Waals surface area contributed by atoms with Gasteiger partial charge in [-0.15, -0.1) is 0 Å². The summed E-state index contributed by atoms with van der Waals surface area (Å²) in [5, 5.41) is 0.208. The van der Waals surface area contributed by atoms with E-state index in [1.165, 1.54) is 0 Å². The minimum Gasteiger partial charge on any atom is -0.322 e. The summed E-state index contributed by atoms with van der Waals surface area (Å²) in [6.07, 6.45) is 0. The van der Waals surface area contributed by atoms with Gasteiger partial charge in [0, 0.05) is 0 Å². The molecule has 0 spiro atoms. The molecular formula is C5H13NOSi. The number of carbonyl (C=O) groups excluding carboxylic acids is 1. The van der Waals surface area contributed by atoms with Crippen LogP contribution in [0.2, 0.25) is 0 Å². The van der Waals surface area contributed by atoms with Crippen molar-refractivity contribution >= 4 is 15.6 Å². The fraction of sp³-hybridized carbons (Fsp3) is 0.800. The van der Waals surface area contributed by atoms with Crippen molar-refractivity contribution in [3.63, 3.8) is 0 Å². The van der Waals surface area contributed by atoms with Gasteiger partial charge < -0.3 is 10.5 Å². The molecule has 0 aromatic heterocycles. The van der Waals surface area contributed by atoms with Gasteiger partial charge >= 0.3 is 0 Å². The Bertz CT molecular complexity index is 92.4. The molecule has 0 radical (unpaired) electrons. The summed E-state index contributed by atoms with van der Waals surface area (Å²) < 4.78 is 0. The summed E-state index contributed by atoms with van der Waals surface area (Å²) in [4.78, 5) is 10.5. The molecule has 0 heterocycles. The lowest BCUT2D eigenvalue weighted by atomic mass is 10.1. The van der Waals surface area contributed by atoms with E-state index in [1.54, 1.807) is 0 Å². The maximum atomic E-state index is 10.5.